The van der Waals surface area contributed by atoms with E-state index in [1.54, 1.807) is 12.1 Å². The summed E-state index contributed by atoms with van der Waals surface area (Å²) in [6.45, 7) is 0. The van der Waals surface area contributed by atoms with Gasteiger partial charge in [0, 0.05) is 20.2 Å². The predicted molar refractivity (Wildman–Crippen MR) is 75.8 cm³/mol. The van der Waals surface area contributed by atoms with E-state index in [9.17, 15) is 9.59 Å². The summed E-state index contributed by atoms with van der Waals surface area (Å²) < 4.78 is 0. The summed E-state index contributed by atoms with van der Waals surface area (Å²) in [6.07, 6.45) is 0. The topological polar surface area (TPSA) is 65.2 Å². The van der Waals surface area contributed by atoms with Gasteiger partial charge in [0.15, 0.2) is 0 Å². The number of pyridine rings is 1. The second-order valence-electron chi connectivity index (χ2n) is 4.29. The van der Waals surface area contributed by atoms with Crippen LogP contribution in [0.3, 0.4) is 0 Å². The number of aromatic nitrogens is 1. The van der Waals surface area contributed by atoms with Crippen molar-refractivity contribution in [2.45, 2.75) is 0 Å². The van der Waals surface area contributed by atoms with Gasteiger partial charge in [-0.15, -0.1) is 0 Å². The van der Waals surface area contributed by atoms with Crippen molar-refractivity contribution in [2.24, 2.45) is 0 Å². The lowest BCUT2D eigenvalue weighted by molar-refractivity contribution is 0.102. The Morgan fingerprint density at radius 3 is 2.53 bits per heavy atom. The summed E-state index contributed by atoms with van der Waals surface area (Å²) in [4.78, 5) is 27.6. The summed E-state index contributed by atoms with van der Waals surface area (Å²) in [5.74, 6) is -0.341. The van der Waals surface area contributed by atoms with Crippen LogP contribution in [0.2, 0.25) is 0 Å². The molecular formula is C14H15N3O2. The normalized spacial score (nSPS) is 10.0. The highest BCUT2D eigenvalue weighted by Crippen LogP contribution is 2.23. The number of hydrogen-bond donors (Lipinski definition) is 2. The molecule has 0 saturated heterocycles. The van der Waals surface area contributed by atoms with E-state index in [2.05, 4.69) is 10.3 Å². The monoisotopic (exact) mass is 257 g/mol. The number of carbonyl (C=O) groups is 1. The van der Waals surface area contributed by atoms with Gasteiger partial charge in [-0.05, 0) is 18.2 Å². The molecule has 0 aliphatic rings. The molecule has 1 aromatic carbocycles. The van der Waals surface area contributed by atoms with Crippen LogP contribution in [-0.4, -0.2) is 25.0 Å². The highest BCUT2D eigenvalue weighted by molar-refractivity contribution is 6.04. The number of aromatic amines is 1. The van der Waals surface area contributed by atoms with Crippen molar-refractivity contribution < 1.29 is 4.79 Å². The van der Waals surface area contributed by atoms with Crippen LogP contribution in [0, 0.1) is 0 Å². The third kappa shape index (κ3) is 3.01. The predicted octanol–water partition coefficient (Wildman–Crippen LogP) is 1.69. The zero-order valence-electron chi connectivity index (χ0n) is 10.8. The van der Waals surface area contributed by atoms with Crippen LogP contribution in [0.1, 0.15) is 10.5 Å². The minimum Gasteiger partial charge on any atom is -0.376 e. The number of nitrogens with one attached hydrogen (secondary N) is 2. The molecule has 0 bridgehead atoms. The highest BCUT2D eigenvalue weighted by atomic mass is 16.2. The first-order valence-corrected chi connectivity index (χ1v) is 5.85. The molecule has 98 valence electrons. The molecule has 1 aromatic heterocycles. The fraction of sp³-hybridized carbons (Fsp3) is 0.143. The van der Waals surface area contributed by atoms with Crippen LogP contribution in [0.15, 0.2) is 47.3 Å². The summed E-state index contributed by atoms with van der Waals surface area (Å²) in [5, 5.41) is 2.78. The van der Waals surface area contributed by atoms with E-state index in [1.165, 1.54) is 6.07 Å². The number of hydrogen-bond acceptors (Lipinski definition) is 3. The van der Waals surface area contributed by atoms with Gasteiger partial charge in [0.05, 0.1) is 11.4 Å². The number of amides is 1. The van der Waals surface area contributed by atoms with Gasteiger partial charge in [-0.2, -0.15) is 0 Å². The van der Waals surface area contributed by atoms with Gasteiger partial charge >= 0.3 is 0 Å². The number of benzene rings is 1. The number of nitrogens with zero attached hydrogens (tertiary/aromatic N) is 1. The van der Waals surface area contributed by atoms with Crippen LogP contribution >= 0.6 is 0 Å². The van der Waals surface area contributed by atoms with Crippen molar-refractivity contribution in [2.75, 3.05) is 24.3 Å². The first kappa shape index (κ1) is 12.9. The molecule has 0 atom stereocenters. The van der Waals surface area contributed by atoms with E-state index in [0.717, 1.165) is 5.69 Å². The first-order chi connectivity index (χ1) is 9.08. The van der Waals surface area contributed by atoms with Gasteiger partial charge in [0.1, 0.15) is 5.69 Å². The largest absolute Gasteiger partial charge is 0.376 e. The molecule has 5 heteroatoms. The molecule has 0 unspecified atom stereocenters. The van der Waals surface area contributed by atoms with E-state index in [4.69, 9.17) is 0 Å². The van der Waals surface area contributed by atoms with Gasteiger partial charge < -0.3 is 15.2 Å². The van der Waals surface area contributed by atoms with Crippen LogP contribution in [0.4, 0.5) is 11.4 Å². The Morgan fingerprint density at radius 1 is 1.11 bits per heavy atom. The number of rotatable bonds is 3. The average Bonchev–Trinajstić information content (AvgIpc) is 2.39. The molecule has 0 saturated carbocycles. The number of carbonyl (C=O) groups excluding carboxylic acids is 1. The Balaban J connectivity index is 2.27. The molecule has 0 aliphatic carbocycles. The van der Waals surface area contributed by atoms with Crippen LogP contribution in [-0.2, 0) is 0 Å². The lowest BCUT2D eigenvalue weighted by Gasteiger charge is -2.17. The van der Waals surface area contributed by atoms with E-state index >= 15 is 0 Å². The number of para-hydroxylation sites is 2. The zero-order chi connectivity index (χ0) is 13.8. The third-order valence-electron chi connectivity index (χ3n) is 2.65. The van der Waals surface area contributed by atoms with Crippen molar-refractivity contribution in [3.63, 3.8) is 0 Å². The quantitative estimate of drug-likeness (QED) is 0.879. The summed E-state index contributed by atoms with van der Waals surface area (Å²) >= 11 is 0. The standard InChI is InChI=1S/C14H15N3O2/c1-17(2)12-8-4-3-6-10(12)16-14(19)11-7-5-9-13(18)15-11/h3-9H,1-2H3,(H,15,18)(H,16,19). The van der Waals surface area contributed by atoms with Crippen LogP contribution < -0.4 is 15.8 Å². The first-order valence-electron chi connectivity index (χ1n) is 5.85. The Hall–Kier alpha value is -2.56. The molecule has 0 spiro atoms. The van der Waals surface area contributed by atoms with Crippen LogP contribution in [0.25, 0.3) is 0 Å². The lowest BCUT2D eigenvalue weighted by atomic mass is 10.2. The maximum absolute atomic E-state index is 12.0. The van der Waals surface area contributed by atoms with Gasteiger partial charge in [0.2, 0.25) is 5.56 Å². The van der Waals surface area contributed by atoms with Gasteiger partial charge in [-0.25, -0.2) is 0 Å². The molecule has 19 heavy (non-hydrogen) atoms. The van der Waals surface area contributed by atoms with E-state index in [-0.39, 0.29) is 17.2 Å². The minimum atomic E-state index is -0.341. The molecule has 1 amide bonds. The van der Waals surface area contributed by atoms with Gasteiger partial charge in [0.25, 0.3) is 5.91 Å². The SMILES string of the molecule is CN(C)c1ccccc1NC(=O)c1cccc(=O)[nH]1. The van der Waals surface area contributed by atoms with E-state index in [0.29, 0.717) is 5.69 Å². The second-order valence-corrected chi connectivity index (χ2v) is 4.29. The smallest absolute Gasteiger partial charge is 0.272 e. The molecule has 2 N–H and O–H groups in total. The van der Waals surface area contributed by atoms with E-state index < -0.39 is 0 Å². The molecule has 2 aromatic rings. The molecule has 0 fully saturated rings. The number of H-pyrrole nitrogens is 1. The summed E-state index contributed by atoms with van der Waals surface area (Å²) in [6, 6.07) is 11.9. The number of anilines is 2. The van der Waals surface area contributed by atoms with Gasteiger partial charge in [-0.1, -0.05) is 18.2 Å². The summed E-state index contributed by atoms with van der Waals surface area (Å²) in [7, 11) is 3.80. The van der Waals surface area contributed by atoms with Crippen molar-refractivity contribution in [1.29, 1.82) is 0 Å². The minimum absolute atomic E-state index is 0.237. The van der Waals surface area contributed by atoms with Crippen molar-refractivity contribution in [3.05, 3.63) is 58.5 Å². The van der Waals surface area contributed by atoms with Crippen molar-refractivity contribution in [1.82, 2.24) is 4.98 Å². The Kier molecular flexibility index (Phi) is 3.66. The molecular weight excluding hydrogens is 242 g/mol. The van der Waals surface area contributed by atoms with Crippen LogP contribution in [0.5, 0.6) is 0 Å². The highest BCUT2D eigenvalue weighted by Gasteiger charge is 2.10. The van der Waals surface area contributed by atoms with Gasteiger partial charge in [-0.3, -0.25) is 9.59 Å². The second kappa shape index (κ2) is 5.39. The summed E-state index contributed by atoms with van der Waals surface area (Å²) in [5.41, 5.74) is 1.53. The Morgan fingerprint density at radius 2 is 1.84 bits per heavy atom. The fourth-order valence-electron chi connectivity index (χ4n) is 1.74. The fourth-order valence-corrected chi connectivity index (χ4v) is 1.74. The third-order valence-corrected chi connectivity index (χ3v) is 2.65. The van der Waals surface area contributed by atoms with Crippen molar-refractivity contribution in [3.8, 4) is 0 Å². The lowest BCUT2D eigenvalue weighted by Crippen LogP contribution is -2.20. The Bertz CT molecular complexity index is 647. The molecule has 5 nitrogen and oxygen atoms in total. The molecule has 1 heterocycles. The van der Waals surface area contributed by atoms with E-state index in [1.807, 2.05) is 43.3 Å². The zero-order valence-corrected chi connectivity index (χ0v) is 10.8. The Labute approximate surface area is 110 Å². The van der Waals surface area contributed by atoms with Crippen molar-refractivity contribution >= 4 is 17.3 Å². The molecule has 0 radical (unpaired) electrons. The molecule has 2 rings (SSSR count). The maximum atomic E-state index is 12.0. The average molecular weight is 257 g/mol. The maximum Gasteiger partial charge on any atom is 0.272 e. The molecule has 0 aliphatic heterocycles.